The van der Waals surface area contributed by atoms with Gasteiger partial charge in [0.05, 0.1) is 5.69 Å². The van der Waals surface area contributed by atoms with Gasteiger partial charge in [-0.15, -0.1) is 0 Å². The lowest BCUT2D eigenvalue weighted by molar-refractivity contribution is 0.496. The van der Waals surface area contributed by atoms with Crippen LogP contribution in [0.4, 0.5) is 19.0 Å². The van der Waals surface area contributed by atoms with Crippen molar-refractivity contribution < 1.29 is 13.2 Å². The molecule has 2 aromatic rings. The van der Waals surface area contributed by atoms with Crippen molar-refractivity contribution >= 4 is 5.82 Å². The molecule has 1 aromatic carbocycles. The van der Waals surface area contributed by atoms with Crippen LogP contribution in [0.5, 0.6) is 0 Å². The van der Waals surface area contributed by atoms with E-state index in [2.05, 4.69) is 15.3 Å². The van der Waals surface area contributed by atoms with Crippen LogP contribution in [0.1, 0.15) is 12.5 Å². The van der Waals surface area contributed by atoms with Gasteiger partial charge in [-0.2, -0.15) is 0 Å². The highest BCUT2D eigenvalue weighted by Crippen LogP contribution is 2.29. The Balaban J connectivity index is 2.68. The molecule has 0 saturated carbocycles. The first-order chi connectivity index (χ1) is 9.08. The van der Waals surface area contributed by atoms with E-state index in [1.165, 1.54) is 6.33 Å². The van der Waals surface area contributed by atoms with Crippen LogP contribution in [0.2, 0.25) is 0 Å². The Bertz CT molecular complexity index is 614. The van der Waals surface area contributed by atoms with Gasteiger partial charge in [0.15, 0.2) is 11.6 Å². The van der Waals surface area contributed by atoms with E-state index in [1.807, 2.05) is 6.92 Å². The Morgan fingerprint density at radius 2 is 1.74 bits per heavy atom. The monoisotopic (exact) mass is 267 g/mol. The zero-order chi connectivity index (χ0) is 14.0. The van der Waals surface area contributed by atoms with Crippen molar-refractivity contribution in [1.82, 2.24) is 9.97 Å². The van der Waals surface area contributed by atoms with Gasteiger partial charge in [-0.05, 0) is 12.5 Å². The maximum Gasteiger partial charge on any atom is 0.161 e. The molecule has 0 amide bonds. The average molecular weight is 267 g/mol. The minimum absolute atomic E-state index is 0.0744. The van der Waals surface area contributed by atoms with E-state index in [4.69, 9.17) is 0 Å². The van der Waals surface area contributed by atoms with Gasteiger partial charge in [0.25, 0.3) is 0 Å². The number of rotatable bonds is 3. The number of hydrogen-bond acceptors (Lipinski definition) is 3. The first-order valence-electron chi connectivity index (χ1n) is 5.75. The van der Waals surface area contributed by atoms with Gasteiger partial charge in [0.2, 0.25) is 0 Å². The van der Waals surface area contributed by atoms with Crippen LogP contribution in [0, 0.1) is 17.5 Å². The minimum atomic E-state index is -1.22. The maximum absolute atomic E-state index is 13.8. The molecular formula is C13H12F3N3. The number of nitrogens with one attached hydrogen (secondary N) is 1. The molecule has 0 aliphatic carbocycles. The number of aromatic nitrogens is 2. The summed E-state index contributed by atoms with van der Waals surface area (Å²) < 4.78 is 40.0. The molecule has 1 aromatic heterocycles. The van der Waals surface area contributed by atoms with E-state index >= 15 is 0 Å². The first kappa shape index (κ1) is 13.3. The summed E-state index contributed by atoms with van der Waals surface area (Å²) >= 11 is 0. The minimum Gasteiger partial charge on any atom is -0.373 e. The molecule has 0 saturated heterocycles. The molecule has 0 spiro atoms. The van der Waals surface area contributed by atoms with Crippen LogP contribution in [0.3, 0.4) is 0 Å². The average Bonchev–Trinajstić information content (AvgIpc) is 2.41. The van der Waals surface area contributed by atoms with Crippen LogP contribution in [0.15, 0.2) is 18.5 Å². The standard InChI is InChI=1S/C13H12F3N3/c1-3-7-12(18-6-19-13(7)17-2)8-4-10(15)11(16)5-9(8)14/h4-6H,3H2,1-2H3,(H,17,18,19). The van der Waals surface area contributed by atoms with Crippen molar-refractivity contribution in [2.75, 3.05) is 12.4 Å². The largest absolute Gasteiger partial charge is 0.373 e. The normalized spacial score (nSPS) is 10.6. The van der Waals surface area contributed by atoms with Crippen molar-refractivity contribution in [3.05, 3.63) is 41.5 Å². The maximum atomic E-state index is 13.8. The molecule has 19 heavy (non-hydrogen) atoms. The predicted molar refractivity (Wildman–Crippen MR) is 66.3 cm³/mol. The molecule has 0 bridgehead atoms. The van der Waals surface area contributed by atoms with E-state index in [-0.39, 0.29) is 11.3 Å². The lowest BCUT2D eigenvalue weighted by atomic mass is 10.0. The molecule has 6 heteroatoms. The Morgan fingerprint density at radius 3 is 2.37 bits per heavy atom. The number of anilines is 1. The van der Waals surface area contributed by atoms with Crippen LogP contribution in [-0.4, -0.2) is 17.0 Å². The highest BCUT2D eigenvalue weighted by molar-refractivity contribution is 5.68. The zero-order valence-corrected chi connectivity index (χ0v) is 10.5. The van der Waals surface area contributed by atoms with Crippen molar-refractivity contribution in [2.45, 2.75) is 13.3 Å². The Morgan fingerprint density at radius 1 is 1.05 bits per heavy atom. The van der Waals surface area contributed by atoms with Gasteiger partial charge in [-0.25, -0.2) is 23.1 Å². The Kier molecular flexibility index (Phi) is 3.69. The number of hydrogen-bond donors (Lipinski definition) is 1. The van der Waals surface area contributed by atoms with E-state index in [0.717, 1.165) is 6.07 Å². The fraction of sp³-hybridized carbons (Fsp3) is 0.231. The molecule has 3 nitrogen and oxygen atoms in total. The fourth-order valence-electron chi connectivity index (χ4n) is 1.90. The lowest BCUT2D eigenvalue weighted by Gasteiger charge is -2.12. The van der Waals surface area contributed by atoms with Crippen molar-refractivity contribution in [2.24, 2.45) is 0 Å². The third kappa shape index (κ3) is 2.38. The fourth-order valence-corrected chi connectivity index (χ4v) is 1.90. The quantitative estimate of drug-likeness (QED) is 0.868. The first-order valence-corrected chi connectivity index (χ1v) is 5.75. The van der Waals surface area contributed by atoms with E-state index < -0.39 is 17.5 Å². The molecule has 2 rings (SSSR count). The lowest BCUT2D eigenvalue weighted by Crippen LogP contribution is -2.03. The van der Waals surface area contributed by atoms with Crippen LogP contribution in [0.25, 0.3) is 11.3 Å². The van der Waals surface area contributed by atoms with Crippen molar-refractivity contribution in [3.8, 4) is 11.3 Å². The molecule has 0 radical (unpaired) electrons. The van der Waals surface area contributed by atoms with Gasteiger partial charge < -0.3 is 5.32 Å². The Labute approximate surface area is 108 Å². The number of benzene rings is 1. The van der Waals surface area contributed by atoms with Crippen LogP contribution >= 0.6 is 0 Å². The molecule has 0 aliphatic heterocycles. The Hall–Kier alpha value is -2.11. The molecule has 0 fully saturated rings. The summed E-state index contributed by atoms with van der Waals surface area (Å²) in [6, 6.07) is 1.33. The summed E-state index contributed by atoms with van der Waals surface area (Å²) in [4.78, 5) is 7.99. The summed E-state index contributed by atoms with van der Waals surface area (Å²) in [7, 11) is 1.67. The second-order valence-corrected chi connectivity index (χ2v) is 3.90. The summed E-state index contributed by atoms with van der Waals surface area (Å²) in [5.74, 6) is -2.64. The molecule has 0 atom stereocenters. The molecular weight excluding hydrogens is 255 g/mol. The van der Waals surface area contributed by atoms with Crippen molar-refractivity contribution in [1.29, 1.82) is 0 Å². The van der Waals surface area contributed by atoms with E-state index in [0.29, 0.717) is 23.9 Å². The second kappa shape index (κ2) is 5.26. The third-order valence-corrected chi connectivity index (χ3v) is 2.80. The van der Waals surface area contributed by atoms with Gasteiger partial charge in [-0.1, -0.05) is 6.92 Å². The zero-order valence-electron chi connectivity index (χ0n) is 10.5. The predicted octanol–water partition coefficient (Wildman–Crippen LogP) is 3.17. The van der Waals surface area contributed by atoms with E-state index in [9.17, 15) is 13.2 Å². The highest BCUT2D eigenvalue weighted by atomic mass is 19.2. The molecule has 1 heterocycles. The van der Waals surface area contributed by atoms with Gasteiger partial charge in [-0.3, -0.25) is 0 Å². The van der Waals surface area contributed by atoms with E-state index in [1.54, 1.807) is 7.05 Å². The molecule has 100 valence electrons. The topological polar surface area (TPSA) is 37.8 Å². The summed E-state index contributed by atoms with van der Waals surface area (Å²) in [6.45, 7) is 1.85. The molecule has 0 aliphatic rings. The smallest absolute Gasteiger partial charge is 0.161 e. The molecule has 0 unspecified atom stereocenters. The summed E-state index contributed by atoms with van der Waals surface area (Å²) in [5, 5.41) is 2.86. The van der Waals surface area contributed by atoms with Gasteiger partial charge in [0, 0.05) is 24.2 Å². The van der Waals surface area contributed by atoms with Crippen LogP contribution < -0.4 is 5.32 Å². The molecule has 1 N–H and O–H groups in total. The van der Waals surface area contributed by atoms with Crippen LogP contribution in [-0.2, 0) is 6.42 Å². The number of halogens is 3. The van der Waals surface area contributed by atoms with Gasteiger partial charge >= 0.3 is 0 Å². The summed E-state index contributed by atoms with van der Waals surface area (Å²) in [5.41, 5.74) is 0.836. The second-order valence-electron chi connectivity index (χ2n) is 3.90. The summed E-state index contributed by atoms with van der Waals surface area (Å²) in [6.07, 6.45) is 1.78. The third-order valence-electron chi connectivity index (χ3n) is 2.80. The number of nitrogens with zero attached hydrogens (tertiary/aromatic N) is 2. The van der Waals surface area contributed by atoms with Crippen molar-refractivity contribution in [3.63, 3.8) is 0 Å². The highest BCUT2D eigenvalue weighted by Gasteiger charge is 2.17. The van der Waals surface area contributed by atoms with Gasteiger partial charge in [0.1, 0.15) is 18.0 Å². The SMILES string of the molecule is CCc1c(NC)ncnc1-c1cc(F)c(F)cc1F.